The van der Waals surface area contributed by atoms with Crippen LogP contribution in [0.1, 0.15) is 51.4 Å². The number of ether oxygens (including phenoxy) is 1. The summed E-state index contributed by atoms with van der Waals surface area (Å²) >= 11 is 0. The summed E-state index contributed by atoms with van der Waals surface area (Å²) in [6.45, 7) is 15.3. The van der Waals surface area contributed by atoms with Gasteiger partial charge < -0.3 is 19.4 Å². The van der Waals surface area contributed by atoms with Crippen LogP contribution in [-0.2, 0) is 11.2 Å². The minimum Gasteiger partial charge on any atom is -0.444 e. The van der Waals surface area contributed by atoms with Gasteiger partial charge in [0.05, 0.1) is 16.9 Å². The molecular formula is C28H36FN7O3. The maximum atomic E-state index is 15.1. The van der Waals surface area contributed by atoms with E-state index in [1.165, 1.54) is 0 Å². The van der Waals surface area contributed by atoms with E-state index < -0.39 is 23.0 Å². The third kappa shape index (κ3) is 4.97. The van der Waals surface area contributed by atoms with Crippen LogP contribution in [0, 0.1) is 19.7 Å². The molecule has 0 spiro atoms. The molecule has 0 radical (unpaired) electrons. The standard InChI is InChI=1S/C28H36FN7O3/c1-17-14-34-15-20(22(29)18(2)23(34)31-17)32-25(37)35-11-9-19-21(8-10-30-24(19)35)33-12-13-36(28(6,7)16-33)26(38)39-27(3,4)5/h8,10,14-15H,9,11-13,16H2,1-7H3,(H,32,37). The molecule has 39 heavy (non-hydrogen) atoms. The van der Waals surface area contributed by atoms with Crippen molar-refractivity contribution in [3.8, 4) is 0 Å². The normalized spacial score (nSPS) is 17.0. The average Bonchev–Trinajstić information content (AvgIpc) is 3.43. The van der Waals surface area contributed by atoms with Gasteiger partial charge in [-0.05, 0) is 61.0 Å². The van der Waals surface area contributed by atoms with Gasteiger partial charge in [-0.25, -0.2) is 23.9 Å². The number of nitrogens with zero attached hydrogens (tertiary/aromatic N) is 6. The number of aryl methyl sites for hydroxylation is 2. The molecular weight excluding hydrogens is 501 g/mol. The number of amides is 3. The molecule has 0 aliphatic carbocycles. The zero-order valence-electron chi connectivity index (χ0n) is 23.6. The van der Waals surface area contributed by atoms with E-state index in [4.69, 9.17) is 4.74 Å². The van der Waals surface area contributed by atoms with Crippen molar-refractivity contribution in [2.45, 2.75) is 66.0 Å². The highest BCUT2D eigenvalue weighted by Crippen LogP contribution is 2.37. The molecule has 3 aromatic rings. The topological polar surface area (TPSA) is 95.3 Å². The summed E-state index contributed by atoms with van der Waals surface area (Å²) in [4.78, 5) is 40.6. The number of carbonyl (C=O) groups excluding carboxylic acids is 2. The molecule has 0 aromatic carbocycles. The number of aromatic nitrogens is 3. The quantitative estimate of drug-likeness (QED) is 0.499. The lowest BCUT2D eigenvalue weighted by Gasteiger charge is -2.48. The number of piperazine rings is 1. The van der Waals surface area contributed by atoms with Gasteiger partial charge in [0.1, 0.15) is 17.1 Å². The number of pyridine rings is 2. The monoisotopic (exact) mass is 537 g/mol. The fraction of sp³-hybridized carbons (Fsp3) is 0.500. The minimum atomic E-state index is -0.564. The largest absolute Gasteiger partial charge is 0.444 e. The highest BCUT2D eigenvalue weighted by Gasteiger charge is 2.40. The summed E-state index contributed by atoms with van der Waals surface area (Å²) < 4.78 is 22.4. The molecule has 0 unspecified atom stereocenters. The van der Waals surface area contributed by atoms with Crippen LogP contribution in [0.5, 0.6) is 0 Å². The number of anilines is 3. The molecule has 10 nitrogen and oxygen atoms in total. The van der Waals surface area contributed by atoms with E-state index in [1.54, 1.807) is 39.7 Å². The summed E-state index contributed by atoms with van der Waals surface area (Å²) in [7, 11) is 0. The maximum Gasteiger partial charge on any atom is 0.410 e. The first kappa shape index (κ1) is 26.7. The Bertz CT molecular complexity index is 1460. The molecule has 1 N–H and O–H groups in total. The third-order valence-electron chi connectivity index (χ3n) is 7.21. The van der Waals surface area contributed by atoms with Gasteiger partial charge in [0, 0.05) is 61.6 Å². The number of rotatable bonds is 2. The van der Waals surface area contributed by atoms with Crippen molar-refractivity contribution in [2.24, 2.45) is 0 Å². The number of carbonyl (C=O) groups is 2. The molecule has 5 heterocycles. The van der Waals surface area contributed by atoms with E-state index in [-0.39, 0.29) is 11.8 Å². The number of hydrogen-bond donors (Lipinski definition) is 1. The van der Waals surface area contributed by atoms with E-state index in [1.807, 2.05) is 47.6 Å². The van der Waals surface area contributed by atoms with Crippen LogP contribution in [0.2, 0.25) is 0 Å². The lowest BCUT2D eigenvalue weighted by Crippen LogP contribution is -2.62. The molecule has 11 heteroatoms. The van der Waals surface area contributed by atoms with Gasteiger partial charge >= 0.3 is 12.1 Å². The first-order chi connectivity index (χ1) is 18.2. The van der Waals surface area contributed by atoms with E-state index in [9.17, 15) is 9.59 Å². The number of imidazole rings is 1. The van der Waals surface area contributed by atoms with Gasteiger partial charge in [-0.15, -0.1) is 0 Å². The molecule has 1 saturated heterocycles. The predicted octanol–water partition coefficient (Wildman–Crippen LogP) is 4.92. The number of nitrogens with one attached hydrogen (secondary N) is 1. The molecule has 2 aliphatic rings. The second-order valence-electron chi connectivity index (χ2n) is 11.9. The van der Waals surface area contributed by atoms with E-state index in [2.05, 4.69) is 20.2 Å². The Morgan fingerprint density at radius 1 is 1.13 bits per heavy atom. The summed E-state index contributed by atoms with van der Waals surface area (Å²) in [5.74, 6) is 0.0572. The van der Waals surface area contributed by atoms with Gasteiger partial charge in [0.15, 0.2) is 5.82 Å². The van der Waals surface area contributed by atoms with Crippen LogP contribution in [0.3, 0.4) is 0 Å². The van der Waals surface area contributed by atoms with Gasteiger partial charge in [-0.1, -0.05) is 0 Å². The smallest absolute Gasteiger partial charge is 0.410 e. The van der Waals surface area contributed by atoms with Crippen molar-refractivity contribution in [1.29, 1.82) is 0 Å². The highest BCUT2D eigenvalue weighted by molar-refractivity contribution is 6.03. The number of urea groups is 1. The van der Waals surface area contributed by atoms with Crippen LogP contribution in [0.25, 0.3) is 5.65 Å². The number of halogens is 1. The van der Waals surface area contributed by atoms with Gasteiger partial charge in [-0.2, -0.15) is 0 Å². The molecule has 5 rings (SSSR count). The number of fused-ring (bicyclic) bond motifs is 2. The maximum absolute atomic E-state index is 15.1. The van der Waals surface area contributed by atoms with Crippen LogP contribution >= 0.6 is 0 Å². The summed E-state index contributed by atoms with van der Waals surface area (Å²) in [5, 5.41) is 2.74. The van der Waals surface area contributed by atoms with Crippen molar-refractivity contribution in [2.75, 3.05) is 41.3 Å². The van der Waals surface area contributed by atoms with Crippen LogP contribution < -0.4 is 15.1 Å². The zero-order valence-corrected chi connectivity index (χ0v) is 23.6. The van der Waals surface area contributed by atoms with E-state index >= 15 is 4.39 Å². The summed E-state index contributed by atoms with van der Waals surface area (Å²) in [6.07, 6.45) is 5.34. The van der Waals surface area contributed by atoms with Gasteiger partial charge in [0.25, 0.3) is 0 Å². The molecule has 0 bridgehead atoms. The summed E-state index contributed by atoms with van der Waals surface area (Å²) in [5.41, 5.74) is 2.67. The van der Waals surface area contributed by atoms with Gasteiger partial charge in [-0.3, -0.25) is 9.80 Å². The second kappa shape index (κ2) is 9.39. The first-order valence-corrected chi connectivity index (χ1v) is 13.2. The van der Waals surface area contributed by atoms with E-state index in [0.717, 1.165) is 16.9 Å². The Balaban J connectivity index is 1.35. The summed E-state index contributed by atoms with van der Waals surface area (Å²) in [6, 6.07) is 1.51. The lowest BCUT2D eigenvalue weighted by atomic mass is 9.98. The Morgan fingerprint density at radius 3 is 2.56 bits per heavy atom. The minimum absolute atomic E-state index is 0.0898. The fourth-order valence-electron chi connectivity index (χ4n) is 5.44. The van der Waals surface area contributed by atoms with Crippen molar-refractivity contribution < 1.29 is 18.7 Å². The lowest BCUT2D eigenvalue weighted by molar-refractivity contribution is 0.000363. The fourth-order valence-corrected chi connectivity index (χ4v) is 5.44. The molecule has 0 saturated carbocycles. The van der Waals surface area contributed by atoms with E-state index in [0.29, 0.717) is 49.6 Å². The van der Waals surface area contributed by atoms with Crippen molar-refractivity contribution in [3.63, 3.8) is 0 Å². The Labute approximate surface area is 227 Å². The van der Waals surface area contributed by atoms with Gasteiger partial charge in [0.2, 0.25) is 0 Å². The molecule has 208 valence electrons. The molecule has 2 aliphatic heterocycles. The first-order valence-electron chi connectivity index (χ1n) is 13.2. The Hall–Kier alpha value is -3.89. The SMILES string of the molecule is Cc1cn2cc(NC(=O)N3CCc4c(N5CCN(C(=O)OC(C)(C)C)C(C)(C)C5)ccnc43)c(F)c(C)c2n1. The highest BCUT2D eigenvalue weighted by atomic mass is 19.1. The second-order valence-corrected chi connectivity index (χ2v) is 11.9. The Morgan fingerprint density at radius 2 is 1.87 bits per heavy atom. The Kier molecular flexibility index (Phi) is 6.43. The molecule has 1 fully saturated rings. The molecule has 3 aromatic heterocycles. The van der Waals surface area contributed by atoms with Crippen molar-refractivity contribution in [1.82, 2.24) is 19.3 Å². The molecule has 0 atom stereocenters. The van der Waals surface area contributed by atoms with Crippen LogP contribution in [-0.4, -0.2) is 68.7 Å². The van der Waals surface area contributed by atoms with Crippen molar-refractivity contribution >= 4 is 35.0 Å². The van der Waals surface area contributed by atoms with Crippen molar-refractivity contribution in [3.05, 3.63) is 47.3 Å². The van der Waals surface area contributed by atoms with Crippen LogP contribution in [0.15, 0.2) is 24.7 Å². The average molecular weight is 538 g/mol. The zero-order chi connectivity index (χ0) is 28.3. The number of hydrogen-bond acceptors (Lipinski definition) is 6. The predicted molar refractivity (Wildman–Crippen MR) is 148 cm³/mol. The third-order valence-corrected chi connectivity index (χ3v) is 7.21. The van der Waals surface area contributed by atoms with Crippen LogP contribution in [0.4, 0.5) is 31.2 Å². The molecule has 3 amide bonds.